The fourth-order valence-corrected chi connectivity index (χ4v) is 1.74. The third-order valence-electron chi connectivity index (χ3n) is 2.24. The second-order valence-electron chi connectivity index (χ2n) is 3.55. The summed E-state index contributed by atoms with van der Waals surface area (Å²) < 4.78 is 10.4. The number of hydrogen-bond donors (Lipinski definition) is 2. The van der Waals surface area contributed by atoms with E-state index in [-0.39, 0.29) is 28.6 Å². The lowest BCUT2D eigenvalue weighted by Gasteiger charge is -2.10. The highest BCUT2D eigenvalue weighted by atomic mass is 35.5. The Hall–Kier alpha value is -2.14. The molecule has 94 valence electrons. The molecule has 2 rings (SSSR count). The molecule has 3 N–H and O–H groups in total. The Morgan fingerprint density at radius 3 is 2.89 bits per heavy atom. The largest absolute Gasteiger partial charge is 0.483 e. The molecule has 0 saturated heterocycles. The summed E-state index contributed by atoms with van der Waals surface area (Å²) in [6.07, 6.45) is 1.50. The van der Waals surface area contributed by atoms with Crippen molar-refractivity contribution >= 4 is 23.3 Å². The van der Waals surface area contributed by atoms with Crippen LogP contribution in [0.2, 0.25) is 5.02 Å². The Morgan fingerprint density at radius 1 is 1.50 bits per heavy atom. The highest BCUT2D eigenvalue weighted by Gasteiger charge is 2.16. The molecule has 0 spiro atoms. The van der Waals surface area contributed by atoms with Gasteiger partial charge in [0.1, 0.15) is 17.9 Å². The summed E-state index contributed by atoms with van der Waals surface area (Å²) in [4.78, 5) is 11.1. The van der Waals surface area contributed by atoms with Crippen molar-refractivity contribution in [3.63, 3.8) is 0 Å². The van der Waals surface area contributed by atoms with Crippen molar-refractivity contribution in [1.29, 1.82) is 0 Å². The van der Waals surface area contributed by atoms with Crippen molar-refractivity contribution in [1.82, 2.24) is 0 Å². The fraction of sp³-hybridized carbons (Fsp3) is 0.0833. The Balaban J connectivity index is 2.28. The molecule has 0 saturated carbocycles. The lowest BCUT2D eigenvalue weighted by atomic mass is 10.2. The minimum absolute atomic E-state index is 0.0773. The zero-order valence-electron chi connectivity index (χ0n) is 9.22. The predicted molar refractivity (Wildman–Crippen MR) is 65.9 cm³/mol. The Kier molecular flexibility index (Phi) is 3.43. The van der Waals surface area contributed by atoms with Crippen LogP contribution in [0.4, 0.5) is 5.69 Å². The third-order valence-corrected chi connectivity index (χ3v) is 2.52. The average molecular weight is 268 g/mol. The maximum Gasteiger partial charge on any atom is 0.339 e. The van der Waals surface area contributed by atoms with Crippen LogP contribution in [0.1, 0.15) is 16.1 Å². The van der Waals surface area contributed by atoms with Gasteiger partial charge < -0.3 is 20.0 Å². The number of halogens is 1. The Bertz CT molecular complexity index is 566. The molecule has 5 nitrogen and oxygen atoms in total. The van der Waals surface area contributed by atoms with Gasteiger partial charge in [0, 0.05) is 5.69 Å². The van der Waals surface area contributed by atoms with E-state index in [1.54, 1.807) is 12.1 Å². The van der Waals surface area contributed by atoms with Crippen LogP contribution >= 0.6 is 11.6 Å². The highest BCUT2D eigenvalue weighted by Crippen LogP contribution is 2.32. The molecular formula is C12H10ClNO4. The van der Waals surface area contributed by atoms with Gasteiger partial charge in [-0.2, -0.15) is 0 Å². The number of nitrogens with two attached hydrogens (primary N) is 1. The van der Waals surface area contributed by atoms with E-state index in [1.165, 1.54) is 18.4 Å². The maximum atomic E-state index is 11.1. The molecule has 1 aromatic heterocycles. The third kappa shape index (κ3) is 2.57. The molecule has 6 heteroatoms. The first-order valence-electron chi connectivity index (χ1n) is 5.05. The van der Waals surface area contributed by atoms with Crippen LogP contribution in [0.15, 0.2) is 34.9 Å². The number of carboxylic acid groups (broad SMARTS) is 1. The summed E-state index contributed by atoms with van der Waals surface area (Å²) in [5.41, 5.74) is 5.72. The van der Waals surface area contributed by atoms with Crippen molar-refractivity contribution < 1.29 is 19.1 Å². The summed E-state index contributed by atoms with van der Waals surface area (Å²) in [7, 11) is 0. The van der Waals surface area contributed by atoms with E-state index in [2.05, 4.69) is 0 Å². The van der Waals surface area contributed by atoms with Gasteiger partial charge in [-0.15, -0.1) is 0 Å². The van der Waals surface area contributed by atoms with E-state index in [4.69, 9.17) is 31.6 Å². The highest BCUT2D eigenvalue weighted by molar-refractivity contribution is 6.33. The van der Waals surface area contributed by atoms with Gasteiger partial charge in [0.15, 0.2) is 5.75 Å². The number of benzene rings is 1. The minimum Gasteiger partial charge on any atom is -0.483 e. The number of aromatic carboxylic acids is 1. The lowest BCUT2D eigenvalue weighted by Crippen LogP contribution is -2.05. The Labute approximate surface area is 108 Å². The first kappa shape index (κ1) is 12.3. The Morgan fingerprint density at radius 2 is 2.28 bits per heavy atom. The van der Waals surface area contributed by atoms with Gasteiger partial charge in [-0.1, -0.05) is 11.6 Å². The molecule has 0 radical (unpaired) electrons. The SMILES string of the molecule is Nc1cc(Cl)c(OCc2ccco2)c(C(=O)O)c1. The van der Waals surface area contributed by atoms with Gasteiger partial charge in [0.2, 0.25) is 0 Å². The van der Waals surface area contributed by atoms with Gasteiger partial charge in [-0.3, -0.25) is 0 Å². The zero-order chi connectivity index (χ0) is 13.1. The second-order valence-corrected chi connectivity index (χ2v) is 3.96. The molecule has 0 aliphatic rings. The molecule has 0 amide bonds. The minimum atomic E-state index is -1.15. The normalized spacial score (nSPS) is 10.3. The zero-order valence-corrected chi connectivity index (χ0v) is 9.98. The molecule has 0 bridgehead atoms. The average Bonchev–Trinajstić information content (AvgIpc) is 2.79. The molecule has 0 aliphatic heterocycles. The van der Waals surface area contributed by atoms with Crippen molar-refractivity contribution in [2.24, 2.45) is 0 Å². The number of nitrogen functional groups attached to an aromatic ring is 1. The van der Waals surface area contributed by atoms with E-state index in [0.29, 0.717) is 5.76 Å². The number of anilines is 1. The molecule has 18 heavy (non-hydrogen) atoms. The molecule has 1 heterocycles. The first-order chi connectivity index (χ1) is 8.58. The van der Waals surface area contributed by atoms with E-state index < -0.39 is 5.97 Å². The van der Waals surface area contributed by atoms with Crippen molar-refractivity contribution in [3.05, 3.63) is 46.9 Å². The summed E-state index contributed by atoms with van der Waals surface area (Å²) >= 11 is 5.92. The van der Waals surface area contributed by atoms with Crippen LogP contribution in [-0.4, -0.2) is 11.1 Å². The van der Waals surface area contributed by atoms with Gasteiger partial charge in [-0.25, -0.2) is 4.79 Å². The van der Waals surface area contributed by atoms with Crippen LogP contribution in [0.25, 0.3) is 0 Å². The van der Waals surface area contributed by atoms with Gasteiger partial charge in [-0.05, 0) is 24.3 Å². The van der Waals surface area contributed by atoms with Crippen molar-refractivity contribution in [3.8, 4) is 5.75 Å². The number of furan rings is 1. The summed E-state index contributed by atoms with van der Waals surface area (Å²) in [6, 6.07) is 6.16. The number of hydrogen-bond acceptors (Lipinski definition) is 4. The molecule has 2 aromatic rings. The van der Waals surface area contributed by atoms with E-state index in [9.17, 15) is 4.79 Å². The fourth-order valence-electron chi connectivity index (χ4n) is 1.46. The van der Waals surface area contributed by atoms with Crippen molar-refractivity contribution in [2.75, 3.05) is 5.73 Å². The molecule has 0 unspecified atom stereocenters. The summed E-state index contributed by atoms with van der Waals surface area (Å²) in [5.74, 6) is -0.507. The monoisotopic (exact) mass is 267 g/mol. The van der Waals surface area contributed by atoms with Crippen molar-refractivity contribution in [2.45, 2.75) is 6.61 Å². The van der Waals surface area contributed by atoms with E-state index in [0.717, 1.165) is 0 Å². The van der Waals surface area contributed by atoms with Gasteiger partial charge in [0.25, 0.3) is 0 Å². The number of carbonyl (C=O) groups is 1. The quantitative estimate of drug-likeness (QED) is 0.832. The molecule has 1 aromatic carbocycles. The van der Waals surface area contributed by atoms with Crippen LogP contribution in [0.5, 0.6) is 5.75 Å². The maximum absolute atomic E-state index is 11.1. The van der Waals surface area contributed by atoms with Crippen LogP contribution in [-0.2, 0) is 6.61 Å². The molecule has 0 aliphatic carbocycles. The van der Waals surface area contributed by atoms with Gasteiger partial charge in [0.05, 0.1) is 11.3 Å². The number of ether oxygens (including phenoxy) is 1. The number of carboxylic acids is 1. The van der Waals surface area contributed by atoms with E-state index >= 15 is 0 Å². The lowest BCUT2D eigenvalue weighted by molar-refractivity contribution is 0.0691. The van der Waals surface area contributed by atoms with E-state index in [1.807, 2.05) is 0 Å². The molecular weight excluding hydrogens is 258 g/mol. The van der Waals surface area contributed by atoms with Crippen LogP contribution < -0.4 is 10.5 Å². The topological polar surface area (TPSA) is 85.7 Å². The first-order valence-corrected chi connectivity index (χ1v) is 5.43. The van der Waals surface area contributed by atoms with Crippen LogP contribution in [0.3, 0.4) is 0 Å². The number of rotatable bonds is 4. The molecule has 0 atom stereocenters. The smallest absolute Gasteiger partial charge is 0.339 e. The molecule has 0 fully saturated rings. The van der Waals surface area contributed by atoms with Gasteiger partial charge >= 0.3 is 5.97 Å². The summed E-state index contributed by atoms with van der Waals surface area (Å²) in [5, 5.41) is 9.21. The summed E-state index contributed by atoms with van der Waals surface area (Å²) in [6.45, 7) is 0.0942. The standard InChI is InChI=1S/C12H10ClNO4/c13-10-5-7(14)4-9(12(15)16)11(10)18-6-8-2-1-3-17-8/h1-5H,6,14H2,(H,15,16). The second kappa shape index (κ2) is 5.01. The van der Waals surface area contributed by atoms with Crippen LogP contribution in [0, 0.1) is 0 Å². The predicted octanol–water partition coefficient (Wildman–Crippen LogP) is 2.79.